The Morgan fingerprint density at radius 1 is 1.00 bits per heavy atom. The summed E-state index contributed by atoms with van der Waals surface area (Å²) in [6, 6.07) is 19.1. The third-order valence-electron chi connectivity index (χ3n) is 4.66. The average molecular weight is 413 g/mol. The molecule has 3 aromatic rings. The molecular weight excluding hydrogens is 391 g/mol. The van der Waals surface area contributed by atoms with E-state index in [2.05, 4.69) is 0 Å². The normalized spacial score (nSPS) is 12.6. The number of phenolic OH excluding ortho intramolecular Hbond substituents is 2. The number of allylic oxidation sites excluding steroid dienone is 2. The molecule has 0 radical (unpaired) electrons. The van der Waals surface area contributed by atoms with Crippen LogP contribution in [0.15, 0.2) is 72.8 Å². The van der Waals surface area contributed by atoms with Gasteiger partial charge < -0.3 is 14.9 Å². The maximum absolute atomic E-state index is 13.8. The molecule has 0 saturated heterocycles. The Hall–Kier alpha value is -2.98. The minimum Gasteiger partial charge on any atom is -0.508 e. The summed E-state index contributed by atoms with van der Waals surface area (Å²) in [5.74, 6) is 0.206. The smallest absolute Gasteiger partial charge is 0.165 e. The van der Waals surface area contributed by atoms with Gasteiger partial charge in [0.1, 0.15) is 18.1 Å². The minimum atomic E-state index is -0.655. The fraction of sp³-hybridized carbons (Fsp3) is 0.167. The van der Waals surface area contributed by atoms with Crippen molar-refractivity contribution in [2.24, 2.45) is 0 Å². The van der Waals surface area contributed by atoms with Crippen LogP contribution in [0.3, 0.4) is 0 Å². The van der Waals surface area contributed by atoms with Gasteiger partial charge in [0.25, 0.3) is 0 Å². The summed E-state index contributed by atoms with van der Waals surface area (Å²) in [4.78, 5) is 0. The molecule has 0 aliphatic carbocycles. The highest BCUT2D eigenvalue weighted by molar-refractivity contribution is 6.18. The van der Waals surface area contributed by atoms with Crippen LogP contribution in [0, 0.1) is 5.82 Å². The first-order valence-corrected chi connectivity index (χ1v) is 9.76. The summed E-state index contributed by atoms with van der Waals surface area (Å²) in [5, 5.41) is 19.1. The van der Waals surface area contributed by atoms with Crippen molar-refractivity contribution in [1.29, 1.82) is 0 Å². The van der Waals surface area contributed by atoms with Crippen LogP contribution >= 0.6 is 11.6 Å². The number of hydrogen-bond acceptors (Lipinski definition) is 3. The first-order valence-electron chi connectivity index (χ1n) is 9.23. The van der Waals surface area contributed by atoms with E-state index in [9.17, 15) is 14.6 Å². The van der Waals surface area contributed by atoms with Crippen molar-refractivity contribution >= 4 is 17.2 Å². The van der Waals surface area contributed by atoms with Crippen LogP contribution in [0.1, 0.15) is 29.5 Å². The molecule has 0 aromatic heterocycles. The second kappa shape index (κ2) is 9.48. The predicted molar refractivity (Wildman–Crippen MR) is 114 cm³/mol. The molecule has 0 saturated carbocycles. The lowest BCUT2D eigenvalue weighted by molar-refractivity contribution is 0.342. The molecule has 0 spiro atoms. The van der Waals surface area contributed by atoms with Crippen LogP contribution in [-0.4, -0.2) is 22.7 Å². The van der Waals surface area contributed by atoms with Gasteiger partial charge in [0.2, 0.25) is 0 Å². The largest absolute Gasteiger partial charge is 0.508 e. The molecule has 3 nitrogen and oxygen atoms in total. The van der Waals surface area contributed by atoms with Gasteiger partial charge >= 0.3 is 0 Å². The molecule has 1 atom stereocenters. The van der Waals surface area contributed by atoms with Crippen molar-refractivity contribution in [1.82, 2.24) is 0 Å². The molecule has 0 aliphatic heterocycles. The highest BCUT2D eigenvalue weighted by atomic mass is 35.5. The van der Waals surface area contributed by atoms with Crippen molar-refractivity contribution in [3.05, 3.63) is 95.3 Å². The summed E-state index contributed by atoms with van der Waals surface area (Å²) in [6.45, 7) is 2.34. The van der Waals surface area contributed by atoms with Crippen molar-refractivity contribution in [3.63, 3.8) is 0 Å². The SMILES string of the molecule is CC(=CC(c1ccc(O)cc1)c1ccc(OCCCl)cc1)c1ccc(O)c(F)c1. The topological polar surface area (TPSA) is 49.7 Å². The lowest BCUT2D eigenvalue weighted by atomic mass is 9.88. The van der Waals surface area contributed by atoms with Gasteiger partial charge in [-0.1, -0.05) is 36.4 Å². The van der Waals surface area contributed by atoms with E-state index in [0.29, 0.717) is 18.1 Å². The third kappa shape index (κ3) is 5.30. The van der Waals surface area contributed by atoms with Gasteiger partial charge in [-0.15, -0.1) is 11.6 Å². The van der Waals surface area contributed by atoms with Crippen molar-refractivity contribution in [2.45, 2.75) is 12.8 Å². The molecule has 0 fully saturated rings. The molecule has 150 valence electrons. The third-order valence-corrected chi connectivity index (χ3v) is 4.81. The van der Waals surface area contributed by atoms with Crippen molar-refractivity contribution < 1.29 is 19.3 Å². The van der Waals surface area contributed by atoms with Crippen molar-refractivity contribution in [3.8, 4) is 17.2 Å². The summed E-state index contributed by atoms with van der Waals surface area (Å²) < 4.78 is 19.3. The van der Waals surface area contributed by atoms with E-state index in [1.165, 1.54) is 12.1 Å². The lowest BCUT2D eigenvalue weighted by Gasteiger charge is -2.17. The number of phenols is 2. The van der Waals surface area contributed by atoms with Crippen LogP contribution < -0.4 is 4.74 Å². The highest BCUT2D eigenvalue weighted by Crippen LogP contribution is 2.32. The number of aromatic hydroxyl groups is 2. The van der Waals surface area contributed by atoms with E-state index < -0.39 is 5.82 Å². The summed E-state index contributed by atoms with van der Waals surface area (Å²) in [6.07, 6.45) is 2.03. The maximum atomic E-state index is 13.8. The predicted octanol–water partition coefficient (Wildman–Crippen LogP) is 6.09. The zero-order valence-electron chi connectivity index (χ0n) is 16.0. The Morgan fingerprint density at radius 2 is 1.62 bits per heavy atom. The number of halogens is 2. The number of hydrogen-bond donors (Lipinski definition) is 2. The first kappa shape index (κ1) is 20.7. The Labute approximate surface area is 174 Å². The molecule has 3 aromatic carbocycles. The van der Waals surface area contributed by atoms with Crippen LogP contribution in [0.25, 0.3) is 5.57 Å². The van der Waals surface area contributed by atoms with E-state index in [1.54, 1.807) is 18.2 Å². The van der Waals surface area contributed by atoms with E-state index in [4.69, 9.17) is 16.3 Å². The molecule has 29 heavy (non-hydrogen) atoms. The molecule has 0 bridgehead atoms. The van der Waals surface area contributed by atoms with Crippen LogP contribution in [0.5, 0.6) is 17.2 Å². The van der Waals surface area contributed by atoms with E-state index in [1.807, 2.05) is 49.4 Å². The zero-order valence-corrected chi connectivity index (χ0v) is 16.7. The Balaban J connectivity index is 1.98. The highest BCUT2D eigenvalue weighted by Gasteiger charge is 2.14. The quantitative estimate of drug-likeness (QED) is 0.461. The Bertz CT molecular complexity index is 982. The summed E-state index contributed by atoms with van der Waals surface area (Å²) >= 11 is 5.67. The zero-order chi connectivity index (χ0) is 20.8. The fourth-order valence-electron chi connectivity index (χ4n) is 3.09. The molecule has 0 aliphatic rings. The van der Waals surface area contributed by atoms with E-state index >= 15 is 0 Å². The minimum absolute atomic E-state index is 0.116. The molecule has 5 heteroatoms. The van der Waals surface area contributed by atoms with Gasteiger partial charge in [0, 0.05) is 5.92 Å². The van der Waals surface area contributed by atoms with Gasteiger partial charge in [0.15, 0.2) is 11.6 Å². The first-order chi connectivity index (χ1) is 14.0. The van der Waals surface area contributed by atoms with Gasteiger partial charge in [-0.05, 0) is 65.6 Å². The molecular formula is C24H22ClFO3. The van der Waals surface area contributed by atoms with Crippen molar-refractivity contribution in [2.75, 3.05) is 12.5 Å². The Morgan fingerprint density at radius 3 is 2.21 bits per heavy atom. The standard InChI is InChI=1S/C24H22ClFO3/c1-16(19-6-11-24(28)23(26)15-19)14-22(17-2-7-20(27)8-3-17)18-4-9-21(10-5-18)29-13-12-25/h2-11,14-15,22,27-28H,12-13H2,1H3. The van der Waals surface area contributed by atoms with Gasteiger partial charge in [-0.3, -0.25) is 0 Å². The second-order valence-corrected chi connectivity index (χ2v) is 7.07. The summed E-state index contributed by atoms with van der Waals surface area (Å²) in [5.41, 5.74) is 3.55. The molecule has 3 rings (SSSR count). The second-order valence-electron chi connectivity index (χ2n) is 6.69. The molecule has 0 heterocycles. The van der Waals surface area contributed by atoms with Crippen LogP contribution in [0.2, 0.25) is 0 Å². The van der Waals surface area contributed by atoms with Gasteiger partial charge in [-0.2, -0.15) is 0 Å². The number of ether oxygens (including phenoxy) is 1. The molecule has 1 unspecified atom stereocenters. The van der Waals surface area contributed by atoms with Gasteiger partial charge in [-0.25, -0.2) is 4.39 Å². The molecule has 0 amide bonds. The fourth-order valence-corrected chi connectivity index (χ4v) is 3.17. The average Bonchev–Trinajstić information content (AvgIpc) is 2.73. The monoisotopic (exact) mass is 412 g/mol. The Kier molecular flexibility index (Phi) is 6.78. The van der Waals surface area contributed by atoms with Gasteiger partial charge in [0.05, 0.1) is 5.88 Å². The van der Waals surface area contributed by atoms with Crippen LogP contribution in [-0.2, 0) is 0 Å². The number of benzene rings is 3. The number of rotatable bonds is 7. The van der Waals surface area contributed by atoms with E-state index in [0.717, 1.165) is 22.4 Å². The number of alkyl halides is 1. The maximum Gasteiger partial charge on any atom is 0.165 e. The molecule has 2 N–H and O–H groups in total. The van der Waals surface area contributed by atoms with Crippen LogP contribution in [0.4, 0.5) is 4.39 Å². The lowest BCUT2D eigenvalue weighted by Crippen LogP contribution is -2.01. The van der Waals surface area contributed by atoms with E-state index in [-0.39, 0.29) is 17.4 Å². The summed E-state index contributed by atoms with van der Waals surface area (Å²) in [7, 11) is 0.